The molecule has 1 heterocycles. The van der Waals surface area contributed by atoms with Crippen LogP contribution in [0, 0.1) is 3.57 Å². The van der Waals surface area contributed by atoms with Crippen molar-refractivity contribution >= 4 is 34.2 Å². The van der Waals surface area contributed by atoms with Crippen LogP contribution in [0.15, 0.2) is 12.1 Å². The van der Waals surface area contributed by atoms with Gasteiger partial charge in [-0.05, 0) is 54.1 Å². The highest BCUT2D eigenvalue weighted by Crippen LogP contribution is 2.26. The number of nitrogens with one attached hydrogen (secondary N) is 2. The molecule has 0 bridgehead atoms. The number of hydrogen-bond donors (Lipinski definition) is 2. The SMILES string of the molecule is CC(C)Nc1cc(I)c2c(c1)CNC2=O. The largest absolute Gasteiger partial charge is 0.383 e. The minimum Gasteiger partial charge on any atom is -0.383 e. The van der Waals surface area contributed by atoms with Crippen molar-refractivity contribution in [3.05, 3.63) is 26.8 Å². The maximum absolute atomic E-state index is 11.5. The Morgan fingerprint density at radius 3 is 2.87 bits per heavy atom. The average Bonchev–Trinajstić information content (AvgIpc) is 2.46. The zero-order chi connectivity index (χ0) is 11.0. The van der Waals surface area contributed by atoms with Gasteiger partial charge in [-0.15, -0.1) is 0 Å². The molecular weight excluding hydrogens is 303 g/mol. The molecule has 1 aliphatic heterocycles. The van der Waals surface area contributed by atoms with Gasteiger partial charge in [-0.2, -0.15) is 0 Å². The van der Waals surface area contributed by atoms with E-state index in [9.17, 15) is 4.79 Å². The van der Waals surface area contributed by atoms with Gasteiger partial charge < -0.3 is 10.6 Å². The first-order chi connectivity index (χ1) is 7.08. The molecule has 1 aliphatic rings. The third-order valence-corrected chi connectivity index (χ3v) is 3.14. The zero-order valence-corrected chi connectivity index (χ0v) is 10.9. The van der Waals surface area contributed by atoms with Gasteiger partial charge >= 0.3 is 0 Å². The second-order valence-corrected chi connectivity index (χ2v) is 5.14. The third-order valence-electron chi connectivity index (χ3n) is 2.29. The number of fused-ring (bicyclic) bond motifs is 1. The molecule has 0 unspecified atom stereocenters. The van der Waals surface area contributed by atoms with E-state index in [0.717, 1.165) is 20.4 Å². The van der Waals surface area contributed by atoms with Crippen LogP contribution >= 0.6 is 22.6 Å². The van der Waals surface area contributed by atoms with Gasteiger partial charge in [0, 0.05) is 21.8 Å². The molecule has 0 saturated carbocycles. The predicted octanol–water partition coefficient (Wildman–Crippen LogP) is 2.35. The maximum Gasteiger partial charge on any atom is 0.252 e. The van der Waals surface area contributed by atoms with Gasteiger partial charge in [0.2, 0.25) is 0 Å². The molecule has 0 spiro atoms. The maximum atomic E-state index is 11.5. The number of halogens is 1. The highest BCUT2D eigenvalue weighted by molar-refractivity contribution is 14.1. The summed E-state index contributed by atoms with van der Waals surface area (Å²) in [5, 5.41) is 6.18. The summed E-state index contributed by atoms with van der Waals surface area (Å²) in [6.07, 6.45) is 0. The molecule has 80 valence electrons. The molecular formula is C11H13IN2O. The molecule has 1 aromatic rings. The van der Waals surface area contributed by atoms with Crippen molar-refractivity contribution in [2.45, 2.75) is 26.4 Å². The molecule has 0 aromatic heterocycles. The van der Waals surface area contributed by atoms with Crippen molar-refractivity contribution in [2.75, 3.05) is 5.32 Å². The monoisotopic (exact) mass is 316 g/mol. The fourth-order valence-corrected chi connectivity index (χ4v) is 2.66. The average molecular weight is 316 g/mol. The van der Waals surface area contributed by atoms with E-state index in [-0.39, 0.29) is 5.91 Å². The molecule has 2 N–H and O–H groups in total. The van der Waals surface area contributed by atoms with Crippen molar-refractivity contribution in [3.8, 4) is 0 Å². The fraction of sp³-hybridized carbons (Fsp3) is 0.364. The summed E-state index contributed by atoms with van der Waals surface area (Å²) in [7, 11) is 0. The topological polar surface area (TPSA) is 41.1 Å². The van der Waals surface area contributed by atoms with E-state index in [1.807, 2.05) is 6.07 Å². The smallest absolute Gasteiger partial charge is 0.252 e. The van der Waals surface area contributed by atoms with Crippen molar-refractivity contribution in [1.29, 1.82) is 0 Å². The predicted molar refractivity (Wildman–Crippen MR) is 69.1 cm³/mol. The molecule has 0 saturated heterocycles. The summed E-state index contributed by atoms with van der Waals surface area (Å²) < 4.78 is 1.02. The first kappa shape index (κ1) is 10.7. The Morgan fingerprint density at radius 2 is 2.20 bits per heavy atom. The molecule has 2 rings (SSSR count). The Labute approximate surface area is 103 Å². The molecule has 3 nitrogen and oxygen atoms in total. The second kappa shape index (κ2) is 4.00. The molecule has 4 heteroatoms. The summed E-state index contributed by atoms with van der Waals surface area (Å²) in [5.74, 6) is 0.0468. The van der Waals surface area contributed by atoms with Crippen LogP contribution in [0.5, 0.6) is 0 Å². The fourth-order valence-electron chi connectivity index (χ4n) is 1.74. The lowest BCUT2D eigenvalue weighted by Crippen LogP contribution is -2.13. The number of carbonyl (C=O) groups is 1. The lowest BCUT2D eigenvalue weighted by molar-refractivity contribution is 0.0965. The number of carbonyl (C=O) groups excluding carboxylic acids is 1. The van der Waals surface area contributed by atoms with Crippen LogP contribution in [0.1, 0.15) is 29.8 Å². The summed E-state index contributed by atoms with van der Waals surface area (Å²) in [4.78, 5) is 11.5. The summed E-state index contributed by atoms with van der Waals surface area (Å²) in [6.45, 7) is 4.85. The quantitative estimate of drug-likeness (QED) is 0.823. The summed E-state index contributed by atoms with van der Waals surface area (Å²) in [6, 6.07) is 4.48. The number of benzene rings is 1. The molecule has 15 heavy (non-hydrogen) atoms. The number of amides is 1. The Hall–Kier alpha value is -0.780. The van der Waals surface area contributed by atoms with Crippen LogP contribution in [0.3, 0.4) is 0 Å². The van der Waals surface area contributed by atoms with E-state index in [0.29, 0.717) is 12.6 Å². The van der Waals surface area contributed by atoms with Crippen LogP contribution in [0.2, 0.25) is 0 Å². The van der Waals surface area contributed by atoms with Crippen LogP contribution in [0.25, 0.3) is 0 Å². The van der Waals surface area contributed by atoms with E-state index in [4.69, 9.17) is 0 Å². The lowest BCUT2D eigenvalue weighted by atomic mass is 10.1. The summed E-state index contributed by atoms with van der Waals surface area (Å²) in [5.41, 5.74) is 3.02. The standard InChI is InChI=1S/C11H13IN2O/c1-6(2)14-8-3-7-5-13-11(15)10(7)9(12)4-8/h3-4,6,14H,5H2,1-2H3,(H,13,15). The molecule has 1 amide bonds. The Morgan fingerprint density at radius 1 is 1.47 bits per heavy atom. The highest BCUT2D eigenvalue weighted by Gasteiger charge is 2.22. The third kappa shape index (κ3) is 2.09. The molecule has 0 fully saturated rings. The summed E-state index contributed by atoms with van der Waals surface area (Å²) >= 11 is 2.21. The van der Waals surface area contributed by atoms with E-state index >= 15 is 0 Å². The number of hydrogen-bond acceptors (Lipinski definition) is 2. The number of anilines is 1. The van der Waals surface area contributed by atoms with Gasteiger partial charge in [-0.25, -0.2) is 0 Å². The second-order valence-electron chi connectivity index (χ2n) is 3.97. The first-order valence-electron chi connectivity index (χ1n) is 4.95. The van der Waals surface area contributed by atoms with Crippen LogP contribution in [-0.4, -0.2) is 11.9 Å². The van der Waals surface area contributed by atoms with E-state index in [1.54, 1.807) is 0 Å². The van der Waals surface area contributed by atoms with E-state index in [1.165, 1.54) is 0 Å². The van der Waals surface area contributed by atoms with Gasteiger partial charge in [0.05, 0.1) is 5.56 Å². The van der Waals surface area contributed by atoms with Crippen LogP contribution in [0.4, 0.5) is 5.69 Å². The zero-order valence-electron chi connectivity index (χ0n) is 8.73. The highest BCUT2D eigenvalue weighted by atomic mass is 127. The normalized spacial score (nSPS) is 14.0. The Balaban J connectivity index is 2.40. The van der Waals surface area contributed by atoms with Crippen LogP contribution in [-0.2, 0) is 6.54 Å². The van der Waals surface area contributed by atoms with Gasteiger partial charge in [0.1, 0.15) is 0 Å². The van der Waals surface area contributed by atoms with Gasteiger partial charge in [0.25, 0.3) is 5.91 Å². The van der Waals surface area contributed by atoms with Gasteiger partial charge in [-0.1, -0.05) is 0 Å². The molecule has 0 atom stereocenters. The van der Waals surface area contributed by atoms with Crippen molar-refractivity contribution in [1.82, 2.24) is 5.32 Å². The molecule has 0 aliphatic carbocycles. The van der Waals surface area contributed by atoms with E-state index < -0.39 is 0 Å². The van der Waals surface area contributed by atoms with Gasteiger partial charge in [0.15, 0.2) is 0 Å². The number of rotatable bonds is 2. The van der Waals surface area contributed by atoms with Crippen molar-refractivity contribution < 1.29 is 4.79 Å². The van der Waals surface area contributed by atoms with Crippen molar-refractivity contribution in [3.63, 3.8) is 0 Å². The van der Waals surface area contributed by atoms with Gasteiger partial charge in [-0.3, -0.25) is 4.79 Å². The first-order valence-corrected chi connectivity index (χ1v) is 6.03. The minimum absolute atomic E-state index is 0.0468. The van der Waals surface area contributed by atoms with E-state index in [2.05, 4.69) is 53.1 Å². The van der Waals surface area contributed by atoms with Crippen LogP contribution < -0.4 is 10.6 Å². The molecule has 0 radical (unpaired) electrons. The molecule has 1 aromatic carbocycles. The minimum atomic E-state index is 0.0468. The van der Waals surface area contributed by atoms with Crippen molar-refractivity contribution in [2.24, 2.45) is 0 Å². The Kier molecular flexibility index (Phi) is 2.86. The lowest BCUT2D eigenvalue weighted by Gasteiger charge is -2.11. The Bertz CT molecular complexity index is 415.